The summed E-state index contributed by atoms with van der Waals surface area (Å²) >= 11 is 0. The summed E-state index contributed by atoms with van der Waals surface area (Å²) in [5.41, 5.74) is 0.773. The molecule has 0 amide bonds. The molecule has 4 rings (SSSR count). The van der Waals surface area contributed by atoms with Gasteiger partial charge in [-0.15, -0.1) is 0 Å². The van der Waals surface area contributed by atoms with E-state index in [1.54, 1.807) is 13.8 Å². The lowest BCUT2D eigenvalue weighted by Gasteiger charge is -2.63. The minimum Gasteiger partial charge on any atom is -0.829 e. The number of hydrogen-bond donors (Lipinski definition) is 1. The molecule has 8 atom stereocenters. The molecule has 0 aromatic rings. The Hall–Kier alpha value is -0.120. The predicted octanol–water partition coefficient (Wildman–Crippen LogP) is 4.12. The second-order valence-corrected chi connectivity index (χ2v) is 11.2. The van der Waals surface area contributed by atoms with Crippen molar-refractivity contribution in [3.8, 4) is 0 Å². The van der Waals surface area contributed by atoms with E-state index in [-0.39, 0.29) is 6.10 Å². The Kier molecular flexibility index (Phi) is 4.77. The van der Waals surface area contributed by atoms with Gasteiger partial charge in [-0.3, -0.25) is 0 Å². The van der Waals surface area contributed by atoms with Gasteiger partial charge in [-0.2, -0.15) is 0 Å². The first-order valence-electron chi connectivity index (χ1n) is 11.2. The second-order valence-electron chi connectivity index (χ2n) is 11.2. The summed E-state index contributed by atoms with van der Waals surface area (Å²) < 4.78 is 6.25. The first kappa shape index (κ1) is 19.2. The number of hydrogen-bond acceptors (Lipinski definition) is 3. The van der Waals surface area contributed by atoms with Gasteiger partial charge in [0.05, 0.1) is 6.10 Å². The van der Waals surface area contributed by atoms with E-state index in [9.17, 15) is 10.2 Å². The Balaban J connectivity index is 1.69. The molecule has 0 saturated heterocycles. The molecule has 4 saturated carbocycles. The van der Waals surface area contributed by atoms with Crippen LogP contribution < -0.4 is 5.11 Å². The Morgan fingerprint density at radius 1 is 1.08 bits per heavy atom. The number of aliphatic hydroxyl groups excluding tert-OH is 1. The molecule has 4 fully saturated rings. The van der Waals surface area contributed by atoms with Crippen LogP contribution in [0.3, 0.4) is 0 Å². The van der Waals surface area contributed by atoms with Gasteiger partial charge < -0.3 is 14.9 Å². The number of fused-ring (bicyclic) bond motifs is 5. The minimum absolute atomic E-state index is 0.116. The lowest BCUT2D eigenvalue weighted by atomic mass is 9.44. The highest BCUT2D eigenvalue weighted by molar-refractivity contribution is 5.10. The first-order chi connectivity index (χ1) is 12.2. The van der Waals surface area contributed by atoms with E-state index in [2.05, 4.69) is 13.8 Å². The summed E-state index contributed by atoms with van der Waals surface area (Å²) in [6, 6.07) is 0. The maximum absolute atomic E-state index is 12.5. The molecule has 3 heteroatoms. The third kappa shape index (κ3) is 3.06. The molecule has 5 unspecified atom stereocenters. The summed E-state index contributed by atoms with van der Waals surface area (Å²) in [5.74, 6) is 1.69. The van der Waals surface area contributed by atoms with Gasteiger partial charge in [0, 0.05) is 6.61 Å². The molecule has 3 nitrogen and oxygen atoms in total. The van der Waals surface area contributed by atoms with Gasteiger partial charge in [-0.25, -0.2) is 0 Å². The fourth-order valence-electron chi connectivity index (χ4n) is 8.07. The van der Waals surface area contributed by atoms with Crippen LogP contribution in [0, 0.1) is 40.4 Å². The van der Waals surface area contributed by atoms with Crippen molar-refractivity contribution in [3.63, 3.8) is 0 Å². The monoisotopic (exact) mass is 363 g/mol. The van der Waals surface area contributed by atoms with E-state index in [1.807, 2.05) is 0 Å². The largest absolute Gasteiger partial charge is 0.829 e. The average molecular weight is 364 g/mol. The van der Waals surface area contributed by atoms with E-state index in [0.717, 1.165) is 25.2 Å². The minimum atomic E-state index is -1.31. The quantitative estimate of drug-likeness (QED) is 0.768. The Labute approximate surface area is 159 Å². The molecule has 0 bridgehead atoms. The van der Waals surface area contributed by atoms with Crippen molar-refractivity contribution in [2.45, 2.75) is 97.4 Å². The van der Waals surface area contributed by atoms with Crippen LogP contribution in [0.1, 0.15) is 85.5 Å². The molecule has 150 valence electrons. The molecular formula is C23H39O3-. The SMILES string of the molecule is CC(C)([O-])O[C@H]1CC2CCCC[C@]2(C)C2CC[C@]3(C)CC(CO)CC3C21. The van der Waals surface area contributed by atoms with Crippen molar-refractivity contribution in [1.82, 2.24) is 0 Å². The Morgan fingerprint density at radius 3 is 2.54 bits per heavy atom. The summed E-state index contributed by atoms with van der Waals surface area (Å²) in [5, 5.41) is 22.3. The second kappa shape index (κ2) is 6.46. The molecule has 0 radical (unpaired) electrons. The highest BCUT2D eigenvalue weighted by Gasteiger charge is 2.61. The Bertz CT molecular complexity index is 526. The van der Waals surface area contributed by atoms with Crippen LogP contribution in [0.25, 0.3) is 0 Å². The van der Waals surface area contributed by atoms with Crippen LogP contribution in [0.15, 0.2) is 0 Å². The maximum Gasteiger partial charge on any atom is 0.0600 e. The van der Waals surface area contributed by atoms with Crippen molar-refractivity contribution in [2.24, 2.45) is 40.4 Å². The van der Waals surface area contributed by atoms with Gasteiger partial charge in [-0.1, -0.05) is 40.5 Å². The molecule has 0 aromatic carbocycles. The highest BCUT2D eigenvalue weighted by atomic mass is 16.6. The predicted molar refractivity (Wildman–Crippen MR) is 101 cm³/mol. The van der Waals surface area contributed by atoms with E-state index in [1.165, 1.54) is 38.5 Å². The van der Waals surface area contributed by atoms with Crippen LogP contribution in [-0.4, -0.2) is 23.6 Å². The average Bonchev–Trinajstić information content (AvgIpc) is 2.90. The molecule has 4 aliphatic carbocycles. The van der Waals surface area contributed by atoms with Crippen molar-refractivity contribution in [3.05, 3.63) is 0 Å². The van der Waals surface area contributed by atoms with E-state index < -0.39 is 5.79 Å². The fraction of sp³-hybridized carbons (Fsp3) is 1.00. The lowest BCUT2D eigenvalue weighted by Crippen LogP contribution is -2.59. The Morgan fingerprint density at radius 2 is 1.85 bits per heavy atom. The van der Waals surface area contributed by atoms with Crippen molar-refractivity contribution in [1.29, 1.82) is 0 Å². The molecule has 4 aliphatic rings. The zero-order valence-corrected chi connectivity index (χ0v) is 17.3. The molecule has 1 N–H and O–H groups in total. The van der Waals surface area contributed by atoms with Gasteiger partial charge in [0.2, 0.25) is 0 Å². The van der Waals surface area contributed by atoms with Gasteiger partial charge >= 0.3 is 0 Å². The molecule has 0 aliphatic heterocycles. The van der Waals surface area contributed by atoms with Crippen molar-refractivity contribution in [2.75, 3.05) is 6.61 Å². The molecule has 0 aromatic heterocycles. The van der Waals surface area contributed by atoms with E-state index in [0.29, 0.717) is 41.1 Å². The smallest absolute Gasteiger partial charge is 0.0600 e. The molecular weight excluding hydrogens is 324 g/mol. The lowest BCUT2D eigenvalue weighted by molar-refractivity contribution is -0.552. The zero-order chi connectivity index (χ0) is 18.7. The summed E-state index contributed by atoms with van der Waals surface area (Å²) in [4.78, 5) is 0. The standard InChI is InChI=1S/C23H39O3/c1-21(2,25)26-19-12-16-7-5-6-9-23(16,4)17-8-10-22(3)13-15(14-24)11-18(22)20(17)19/h15-20,24H,5-14H2,1-4H3/q-1/t15?,16?,17?,18?,19-,20?,22+,23-/m0/s1. The zero-order valence-electron chi connectivity index (χ0n) is 17.3. The normalized spacial score (nSPS) is 51.5. The van der Waals surface area contributed by atoms with E-state index in [4.69, 9.17) is 4.74 Å². The van der Waals surface area contributed by atoms with Crippen LogP contribution in [0.2, 0.25) is 0 Å². The van der Waals surface area contributed by atoms with Crippen LogP contribution in [0.4, 0.5) is 0 Å². The first-order valence-corrected chi connectivity index (χ1v) is 11.2. The third-order valence-electron chi connectivity index (χ3n) is 9.13. The summed E-state index contributed by atoms with van der Waals surface area (Å²) in [6.45, 7) is 8.71. The van der Waals surface area contributed by atoms with Gasteiger partial charge in [0.15, 0.2) is 0 Å². The van der Waals surface area contributed by atoms with Crippen LogP contribution in [-0.2, 0) is 4.74 Å². The fourth-order valence-corrected chi connectivity index (χ4v) is 8.07. The number of ether oxygens (including phenoxy) is 1. The topological polar surface area (TPSA) is 52.5 Å². The number of rotatable bonds is 3. The van der Waals surface area contributed by atoms with Gasteiger partial charge in [0.25, 0.3) is 0 Å². The molecule has 26 heavy (non-hydrogen) atoms. The maximum atomic E-state index is 12.5. The van der Waals surface area contributed by atoms with Crippen molar-refractivity contribution >= 4 is 0 Å². The molecule has 0 heterocycles. The third-order valence-corrected chi connectivity index (χ3v) is 9.13. The number of aliphatic hydroxyl groups is 1. The summed E-state index contributed by atoms with van der Waals surface area (Å²) in [6.07, 6.45) is 11.5. The molecule has 0 spiro atoms. The highest BCUT2D eigenvalue weighted by Crippen LogP contribution is 2.67. The van der Waals surface area contributed by atoms with Gasteiger partial charge in [-0.05, 0) is 91.2 Å². The van der Waals surface area contributed by atoms with Crippen LogP contribution >= 0.6 is 0 Å². The van der Waals surface area contributed by atoms with Gasteiger partial charge in [0.1, 0.15) is 0 Å². The van der Waals surface area contributed by atoms with Crippen LogP contribution in [0.5, 0.6) is 0 Å². The van der Waals surface area contributed by atoms with E-state index >= 15 is 0 Å². The van der Waals surface area contributed by atoms with Crippen molar-refractivity contribution < 1.29 is 14.9 Å². The summed E-state index contributed by atoms with van der Waals surface area (Å²) in [7, 11) is 0.